The van der Waals surface area contributed by atoms with Gasteiger partial charge in [-0.1, -0.05) is 18.2 Å². The quantitative estimate of drug-likeness (QED) is 0.747. The van der Waals surface area contributed by atoms with Crippen molar-refractivity contribution in [1.82, 2.24) is 14.8 Å². The minimum absolute atomic E-state index is 0.264. The summed E-state index contributed by atoms with van der Waals surface area (Å²) in [4.78, 5) is 16.4. The Morgan fingerprint density at radius 1 is 1.12 bits per heavy atom. The van der Waals surface area contributed by atoms with Crippen molar-refractivity contribution in [2.24, 2.45) is 0 Å². The van der Waals surface area contributed by atoms with E-state index in [1.165, 1.54) is 20.5 Å². The maximum atomic E-state index is 12.5. The summed E-state index contributed by atoms with van der Waals surface area (Å²) in [5.74, 6) is 0.656. The molecule has 0 aliphatic rings. The van der Waals surface area contributed by atoms with E-state index in [4.69, 9.17) is 9.47 Å². The first-order valence-corrected chi connectivity index (χ1v) is 7.65. The van der Waals surface area contributed by atoms with E-state index in [9.17, 15) is 4.79 Å². The number of nitrogens with one attached hydrogen (secondary N) is 1. The lowest BCUT2D eigenvalue weighted by Crippen LogP contribution is -2.13. The van der Waals surface area contributed by atoms with Crippen molar-refractivity contribution in [2.75, 3.05) is 19.5 Å². The van der Waals surface area contributed by atoms with Crippen LogP contribution < -0.4 is 14.8 Å². The number of para-hydroxylation sites is 1. The Hall–Kier alpha value is -3.35. The highest BCUT2D eigenvalue weighted by Crippen LogP contribution is 2.31. The SMILES string of the molecule is COc1cccc(C(=O)Nc2ccc(Cn3cncn3)cc2)c1OC. The van der Waals surface area contributed by atoms with E-state index in [0.29, 0.717) is 29.3 Å². The maximum absolute atomic E-state index is 12.5. The second-order valence-corrected chi connectivity index (χ2v) is 5.29. The predicted octanol–water partition coefficient (Wildman–Crippen LogP) is 2.60. The molecule has 0 aliphatic carbocycles. The molecule has 0 unspecified atom stereocenters. The molecule has 0 atom stereocenters. The molecular formula is C18H18N4O3. The van der Waals surface area contributed by atoms with Gasteiger partial charge in [-0.2, -0.15) is 5.10 Å². The fraction of sp³-hybridized carbons (Fsp3) is 0.167. The van der Waals surface area contributed by atoms with Crippen LogP contribution in [0.4, 0.5) is 5.69 Å². The average molecular weight is 338 g/mol. The molecule has 0 fully saturated rings. The van der Waals surface area contributed by atoms with Crippen molar-refractivity contribution < 1.29 is 14.3 Å². The van der Waals surface area contributed by atoms with Crippen molar-refractivity contribution >= 4 is 11.6 Å². The topological polar surface area (TPSA) is 78.3 Å². The van der Waals surface area contributed by atoms with Crippen LogP contribution >= 0.6 is 0 Å². The minimum Gasteiger partial charge on any atom is -0.493 e. The molecular weight excluding hydrogens is 320 g/mol. The van der Waals surface area contributed by atoms with Crippen LogP contribution in [0, 0.1) is 0 Å². The van der Waals surface area contributed by atoms with Gasteiger partial charge in [-0.15, -0.1) is 0 Å². The van der Waals surface area contributed by atoms with Gasteiger partial charge in [0.15, 0.2) is 11.5 Å². The Morgan fingerprint density at radius 3 is 2.56 bits per heavy atom. The van der Waals surface area contributed by atoms with Gasteiger partial charge in [0, 0.05) is 5.69 Å². The van der Waals surface area contributed by atoms with Crippen LogP contribution in [-0.4, -0.2) is 34.9 Å². The summed E-state index contributed by atoms with van der Waals surface area (Å²) >= 11 is 0. The molecule has 0 saturated carbocycles. The van der Waals surface area contributed by atoms with E-state index in [1.807, 2.05) is 24.3 Å². The van der Waals surface area contributed by atoms with Gasteiger partial charge in [-0.25, -0.2) is 9.67 Å². The van der Waals surface area contributed by atoms with Crippen LogP contribution in [0.5, 0.6) is 11.5 Å². The Morgan fingerprint density at radius 2 is 1.92 bits per heavy atom. The van der Waals surface area contributed by atoms with Crippen molar-refractivity contribution in [3.8, 4) is 11.5 Å². The minimum atomic E-state index is -0.264. The maximum Gasteiger partial charge on any atom is 0.259 e. The highest BCUT2D eigenvalue weighted by Gasteiger charge is 2.16. The Bertz CT molecular complexity index is 845. The number of carbonyl (C=O) groups is 1. The molecule has 7 heteroatoms. The number of rotatable bonds is 6. The standard InChI is InChI=1S/C18H18N4O3/c1-24-16-5-3-4-15(17(16)25-2)18(23)21-14-8-6-13(7-9-14)10-22-12-19-11-20-22/h3-9,11-12H,10H2,1-2H3,(H,21,23). The zero-order valence-electron chi connectivity index (χ0n) is 14.0. The fourth-order valence-corrected chi connectivity index (χ4v) is 2.46. The number of hydrogen-bond acceptors (Lipinski definition) is 5. The van der Waals surface area contributed by atoms with Gasteiger partial charge in [0.1, 0.15) is 12.7 Å². The number of benzene rings is 2. The van der Waals surface area contributed by atoms with Gasteiger partial charge in [0.05, 0.1) is 26.3 Å². The number of aromatic nitrogens is 3. The molecule has 1 aromatic heterocycles. The van der Waals surface area contributed by atoms with Gasteiger partial charge < -0.3 is 14.8 Å². The highest BCUT2D eigenvalue weighted by atomic mass is 16.5. The zero-order chi connectivity index (χ0) is 17.6. The molecule has 2 aromatic carbocycles. The van der Waals surface area contributed by atoms with E-state index in [0.717, 1.165) is 5.56 Å². The van der Waals surface area contributed by atoms with Crippen LogP contribution in [0.3, 0.4) is 0 Å². The summed E-state index contributed by atoms with van der Waals surface area (Å²) < 4.78 is 12.3. The second-order valence-electron chi connectivity index (χ2n) is 5.29. The van der Waals surface area contributed by atoms with Crippen molar-refractivity contribution in [3.05, 3.63) is 66.2 Å². The molecule has 0 aliphatic heterocycles. The van der Waals surface area contributed by atoms with E-state index in [-0.39, 0.29) is 5.91 Å². The van der Waals surface area contributed by atoms with Gasteiger partial charge in [0.25, 0.3) is 5.91 Å². The summed E-state index contributed by atoms with van der Waals surface area (Å²) in [5, 5.41) is 6.93. The molecule has 7 nitrogen and oxygen atoms in total. The first kappa shape index (κ1) is 16.5. The lowest BCUT2D eigenvalue weighted by Gasteiger charge is -2.12. The number of anilines is 1. The third-order valence-electron chi connectivity index (χ3n) is 3.67. The number of ether oxygens (including phenoxy) is 2. The van der Waals surface area contributed by atoms with Gasteiger partial charge in [-0.3, -0.25) is 4.79 Å². The molecule has 3 aromatic rings. The Kier molecular flexibility index (Phi) is 4.94. The Labute approximate surface area is 145 Å². The third kappa shape index (κ3) is 3.77. The summed E-state index contributed by atoms with van der Waals surface area (Å²) in [5.41, 5.74) is 2.16. The van der Waals surface area contributed by atoms with Crippen LogP contribution in [0.1, 0.15) is 15.9 Å². The summed E-state index contributed by atoms with van der Waals surface area (Å²) in [7, 11) is 3.04. The normalized spacial score (nSPS) is 10.3. The molecule has 1 N–H and O–H groups in total. The van der Waals surface area contributed by atoms with E-state index in [1.54, 1.807) is 29.2 Å². The van der Waals surface area contributed by atoms with Crippen molar-refractivity contribution in [2.45, 2.75) is 6.54 Å². The van der Waals surface area contributed by atoms with Crippen molar-refractivity contribution in [3.63, 3.8) is 0 Å². The number of carbonyl (C=O) groups excluding carboxylic acids is 1. The number of hydrogen-bond donors (Lipinski definition) is 1. The van der Waals surface area contributed by atoms with Gasteiger partial charge in [-0.05, 0) is 29.8 Å². The second kappa shape index (κ2) is 7.48. The third-order valence-corrected chi connectivity index (χ3v) is 3.67. The van der Waals surface area contributed by atoms with Crippen LogP contribution in [-0.2, 0) is 6.54 Å². The van der Waals surface area contributed by atoms with Gasteiger partial charge in [0.2, 0.25) is 0 Å². The smallest absolute Gasteiger partial charge is 0.259 e. The molecule has 0 spiro atoms. The molecule has 1 heterocycles. The molecule has 0 saturated heterocycles. The molecule has 1 amide bonds. The van der Waals surface area contributed by atoms with E-state index < -0.39 is 0 Å². The van der Waals surface area contributed by atoms with Crippen LogP contribution in [0.15, 0.2) is 55.1 Å². The Balaban J connectivity index is 1.73. The van der Waals surface area contributed by atoms with Crippen LogP contribution in [0.2, 0.25) is 0 Å². The lowest BCUT2D eigenvalue weighted by molar-refractivity contribution is 0.102. The summed E-state index contributed by atoms with van der Waals surface area (Å²) in [6.45, 7) is 0.623. The molecule has 0 radical (unpaired) electrons. The number of amides is 1. The average Bonchev–Trinajstić information content (AvgIpc) is 3.15. The van der Waals surface area contributed by atoms with Gasteiger partial charge >= 0.3 is 0 Å². The summed E-state index contributed by atoms with van der Waals surface area (Å²) in [6, 6.07) is 12.7. The largest absolute Gasteiger partial charge is 0.493 e. The number of methoxy groups -OCH3 is 2. The highest BCUT2D eigenvalue weighted by molar-refractivity contribution is 6.06. The summed E-state index contributed by atoms with van der Waals surface area (Å²) in [6.07, 6.45) is 3.15. The first-order valence-electron chi connectivity index (χ1n) is 7.65. The fourth-order valence-electron chi connectivity index (χ4n) is 2.46. The van der Waals surface area contributed by atoms with E-state index in [2.05, 4.69) is 15.4 Å². The first-order chi connectivity index (χ1) is 12.2. The molecule has 0 bridgehead atoms. The number of nitrogens with zero attached hydrogens (tertiary/aromatic N) is 3. The lowest BCUT2D eigenvalue weighted by atomic mass is 10.1. The van der Waals surface area contributed by atoms with E-state index >= 15 is 0 Å². The van der Waals surface area contributed by atoms with Crippen molar-refractivity contribution in [1.29, 1.82) is 0 Å². The zero-order valence-corrected chi connectivity index (χ0v) is 14.0. The predicted molar refractivity (Wildman–Crippen MR) is 93.1 cm³/mol. The molecule has 25 heavy (non-hydrogen) atoms. The molecule has 3 rings (SSSR count). The molecule has 128 valence electrons. The van der Waals surface area contributed by atoms with Crippen LogP contribution in [0.25, 0.3) is 0 Å². The monoisotopic (exact) mass is 338 g/mol.